The summed E-state index contributed by atoms with van der Waals surface area (Å²) < 4.78 is 12.3. The fraction of sp³-hybridized carbons (Fsp3) is 0.500. The molecule has 1 aromatic carbocycles. The summed E-state index contributed by atoms with van der Waals surface area (Å²) in [5.41, 5.74) is 7.35. The van der Waals surface area contributed by atoms with Crippen molar-refractivity contribution < 1.29 is 9.47 Å². The Morgan fingerprint density at radius 2 is 1.86 bits per heavy atom. The van der Waals surface area contributed by atoms with Crippen LogP contribution in [0.1, 0.15) is 26.8 Å². The molecule has 1 atom stereocenters. The molecule has 114 valence electrons. The van der Waals surface area contributed by atoms with Gasteiger partial charge in [-0.05, 0) is 29.3 Å². The number of ether oxygens (including phenoxy) is 2. The number of benzene rings is 1. The highest BCUT2D eigenvalue weighted by Crippen LogP contribution is 2.37. The molecule has 7 nitrogen and oxygen atoms in total. The van der Waals surface area contributed by atoms with Gasteiger partial charge in [0.2, 0.25) is 0 Å². The van der Waals surface area contributed by atoms with Gasteiger partial charge in [-0.15, -0.1) is 5.10 Å². The number of hydrogen-bond donors (Lipinski definition) is 1. The Hall–Kier alpha value is -2.31. The van der Waals surface area contributed by atoms with Crippen LogP contribution in [0.2, 0.25) is 0 Å². The van der Waals surface area contributed by atoms with E-state index in [1.165, 1.54) is 0 Å². The first-order chi connectivity index (χ1) is 9.99. The Morgan fingerprint density at radius 1 is 1.14 bits per heavy atom. The summed E-state index contributed by atoms with van der Waals surface area (Å²) in [5, 5.41) is 12.0. The second-order valence-electron chi connectivity index (χ2n) is 5.22. The highest BCUT2D eigenvalue weighted by Gasteiger charge is 2.21. The Bertz CT molecular complexity index is 624. The molecular formula is C14H21N5O2. The number of methoxy groups -OCH3 is 2. The van der Waals surface area contributed by atoms with Crippen LogP contribution >= 0.6 is 0 Å². The van der Waals surface area contributed by atoms with Crippen molar-refractivity contribution in [3.8, 4) is 22.9 Å². The summed E-state index contributed by atoms with van der Waals surface area (Å²) in [5.74, 6) is 2.17. The van der Waals surface area contributed by atoms with E-state index in [0.29, 0.717) is 34.5 Å². The summed E-state index contributed by atoms with van der Waals surface area (Å²) in [6, 6.07) is 3.69. The van der Waals surface area contributed by atoms with Crippen LogP contribution in [-0.2, 0) is 0 Å². The van der Waals surface area contributed by atoms with Gasteiger partial charge in [-0.1, -0.05) is 13.8 Å². The monoisotopic (exact) mass is 291 g/mol. The average Bonchev–Trinajstić information content (AvgIpc) is 2.95. The topological polar surface area (TPSA) is 88.1 Å². The lowest BCUT2D eigenvalue weighted by atomic mass is 10.1. The highest BCUT2D eigenvalue weighted by atomic mass is 16.5. The van der Waals surface area contributed by atoms with Crippen LogP contribution in [0.25, 0.3) is 11.4 Å². The van der Waals surface area contributed by atoms with Crippen molar-refractivity contribution >= 4 is 5.69 Å². The van der Waals surface area contributed by atoms with E-state index in [0.717, 1.165) is 0 Å². The summed E-state index contributed by atoms with van der Waals surface area (Å²) >= 11 is 0. The van der Waals surface area contributed by atoms with Gasteiger partial charge in [0, 0.05) is 6.07 Å². The first kappa shape index (κ1) is 15.1. The Labute approximate surface area is 124 Å². The van der Waals surface area contributed by atoms with Crippen LogP contribution in [0.15, 0.2) is 12.1 Å². The minimum atomic E-state index is 0.145. The van der Waals surface area contributed by atoms with Crippen LogP contribution in [0.3, 0.4) is 0 Å². The van der Waals surface area contributed by atoms with Gasteiger partial charge >= 0.3 is 0 Å². The van der Waals surface area contributed by atoms with Crippen molar-refractivity contribution in [2.75, 3.05) is 20.0 Å². The molecule has 0 aliphatic rings. The smallest absolute Gasteiger partial charge is 0.184 e. The molecule has 2 aromatic rings. The van der Waals surface area contributed by atoms with Gasteiger partial charge in [-0.25, -0.2) is 4.68 Å². The SMILES string of the molecule is COc1cc(OC)c(N)c(-c2nnnn2C(C)C(C)C)c1. The van der Waals surface area contributed by atoms with Crippen LogP contribution in [-0.4, -0.2) is 34.4 Å². The zero-order valence-corrected chi connectivity index (χ0v) is 13.0. The van der Waals surface area contributed by atoms with Crippen LogP contribution in [0.5, 0.6) is 11.5 Å². The van der Waals surface area contributed by atoms with Gasteiger partial charge in [0.1, 0.15) is 11.5 Å². The zero-order valence-electron chi connectivity index (χ0n) is 13.0. The number of nitrogens with two attached hydrogens (primary N) is 1. The number of anilines is 1. The Kier molecular flexibility index (Phi) is 4.30. The minimum Gasteiger partial charge on any atom is -0.497 e. The predicted octanol–water partition coefficient (Wildman–Crippen LogP) is 2.16. The van der Waals surface area contributed by atoms with E-state index in [1.807, 2.05) is 6.07 Å². The number of hydrogen-bond acceptors (Lipinski definition) is 6. The van der Waals surface area contributed by atoms with Gasteiger partial charge in [0.15, 0.2) is 5.82 Å². The van der Waals surface area contributed by atoms with E-state index in [9.17, 15) is 0 Å². The lowest BCUT2D eigenvalue weighted by Gasteiger charge is -2.18. The largest absolute Gasteiger partial charge is 0.497 e. The third-order valence-corrected chi connectivity index (χ3v) is 3.66. The van der Waals surface area contributed by atoms with E-state index in [4.69, 9.17) is 15.2 Å². The quantitative estimate of drug-likeness (QED) is 0.849. The van der Waals surface area contributed by atoms with Gasteiger partial charge in [0.05, 0.1) is 31.5 Å². The molecule has 0 aliphatic heterocycles. The number of nitrogen functional groups attached to an aromatic ring is 1. The molecule has 2 N–H and O–H groups in total. The molecule has 0 spiro atoms. The van der Waals surface area contributed by atoms with Crippen molar-refractivity contribution in [1.29, 1.82) is 0 Å². The number of nitrogens with zero attached hydrogens (tertiary/aromatic N) is 4. The van der Waals surface area contributed by atoms with E-state index < -0.39 is 0 Å². The van der Waals surface area contributed by atoms with E-state index in [1.54, 1.807) is 25.0 Å². The van der Waals surface area contributed by atoms with Gasteiger partial charge in [0.25, 0.3) is 0 Å². The fourth-order valence-corrected chi connectivity index (χ4v) is 2.00. The van der Waals surface area contributed by atoms with Crippen molar-refractivity contribution in [3.05, 3.63) is 12.1 Å². The molecule has 0 fully saturated rings. The second kappa shape index (κ2) is 5.99. The molecular weight excluding hydrogens is 270 g/mol. The van der Waals surface area contributed by atoms with Crippen molar-refractivity contribution in [1.82, 2.24) is 20.2 Å². The maximum absolute atomic E-state index is 6.16. The number of tetrazole rings is 1. The molecule has 7 heteroatoms. The standard InChI is InChI=1S/C14H21N5O2/c1-8(2)9(3)19-14(16-17-18-19)11-6-10(20-4)7-12(21-5)13(11)15/h6-9H,15H2,1-5H3. The van der Waals surface area contributed by atoms with Crippen molar-refractivity contribution in [2.45, 2.75) is 26.8 Å². The average molecular weight is 291 g/mol. The normalized spacial score (nSPS) is 12.5. The lowest BCUT2D eigenvalue weighted by Crippen LogP contribution is -2.15. The molecule has 0 bridgehead atoms. The first-order valence-corrected chi connectivity index (χ1v) is 6.79. The Morgan fingerprint density at radius 3 is 2.43 bits per heavy atom. The molecule has 21 heavy (non-hydrogen) atoms. The van der Waals surface area contributed by atoms with E-state index in [-0.39, 0.29) is 6.04 Å². The van der Waals surface area contributed by atoms with Crippen LogP contribution in [0.4, 0.5) is 5.69 Å². The highest BCUT2D eigenvalue weighted by molar-refractivity contribution is 5.78. The Balaban J connectivity index is 2.60. The summed E-state index contributed by atoms with van der Waals surface area (Å²) in [6.07, 6.45) is 0. The molecule has 2 rings (SSSR count). The van der Waals surface area contributed by atoms with Crippen LogP contribution in [0, 0.1) is 5.92 Å². The molecule has 1 aromatic heterocycles. The molecule has 0 aliphatic carbocycles. The molecule has 0 radical (unpaired) electrons. The molecule has 0 saturated carbocycles. The van der Waals surface area contributed by atoms with Gasteiger partial charge in [-0.3, -0.25) is 0 Å². The minimum absolute atomic E-state index is 0.145. The molecule has 0 amide bonds. The van der Waals surface area contributed by atoms with Crippen LogP contribution < -0.4 is 15.2 Å². The second-order valence-corrected chi connectivity index (χ2v) is 5.22. The summed E-state index contributed by atoms with van der Waals surface area (Å²) in [4.78, 5) is 0. The summed E-state index contributed by atoms with van der Waals surface area (Å²) in [6.45, 7) is 6.30. The molecule has 1 unspecified atom stereocenters. The van der Waals surface area contributed by atoms with Gasteiger partial charge < -0.3 is 15.2 Å². The van der Waals surface area contributed by atoms with E-state index >= 15 is 0 Å². The third kappa shape index (κ3) is 2.76. The number of rotatable bonds is 5. The molecule has 0 saturated heterocycles. The van der Waals surface area contributed by atoms with Crippen molar-refractivity contribution in [2.24, 2.45) is 5.92 Å². The number of aromatic nitrogens is 4. The van der Waals surface area contributed by atoms with Crippen molar-refractivity contribution in [3.63, 3.8) is 0 Å². The van der Waals surface area contributed by atoms with Gasteiger partial charge in [-0.2, -0.15) is 0 Å². The zero-order chi connectivity index (χ0) is 15.6. The predicted molar refractivity (Wildman–Crippen MR) is 80.3 cm³/mol. The fourth-order valence-electron chi connectivity index (χ4n) is 2.00. The lowest BCUT2D eigenvalue weighted by molar-refractivity contribution is 0.371. The maximum Gasteiger partial charge on any atom is 0.184 e. The van der Waals surface area contributed by atoms with E-state index in [2.05, 4.69) is 36.3 Å². The maximum atomic E-state index is 6.16. The molecule has 1 heterocycles. The third-order valence-electron chi connectivity index (χ3n) is 3.66. The summed E-state index contributed by atoms with van der Waals surface area (Å²) in [7, 11) is 3.16. The first-order valence-electron chi connectivity index (χ1n) is 6.79.